The second kappa shape index (κ2) is 49.1. The van der Waals surface area contributed by atoms with Crippen molar-refractivity contribution in [1.82, 2.24) is 0 Å². The third-order valence-electron chi connectivity index (χ3n) is 12.1. The van der Waals surface area contributed by atoms with E-state index in [4.69, 9.17) is 14.2 Å². The van der Waals surface area contributed by atoms with Crippen LogP contribution in [0.25, 0.3) is 0 Å². The highest BCUT2D eigenvalue weighted by atomic mass is 16.6. The van der Waals surface area contributed by atoms with Crippen LogP contribution in [-0.4, -0.2) is 37.2 Å². The molecule has 0 aromatic rings. The molecule has 6 heteroatoms. The van der Waals surface area contributed by atoms with E-state index in [9.17, 15) is 14.4 Å². The van der Waals surface area contributed by atoms with E-state index < -0.39 is 6.10 Å². The van der Waals surface area contributed by atoms with Crippen molar-refractivity contribution in [3.8, 4) is 0 Å². The van der Waals surface area contributed by atoms with Gasteiger partial charge in [-0.2, -0.15) is 0 Å². The van der Waals surface area contributed by atoms with E-state index in [-0.39, 0.29) is 31.1 Å². The molecule has 0 unspecified atom stereocenters. The minimum atomic E-state index is -0.759. The van der Waals surface area contributed by atoms with Crippen LogP contribution in [-0.2, 0) is 28.6 Å². The van der Waals surface area contributed by atoms with Gasteiger partial charge in [0.25, 0.3) is 0 Å². The highest BCUT2D eigenvalue weighted by Gasteiger charge is 2.19. The van der Waals surface area contributed by atoms with Gasteiger partial charge >= 0.3 is 17.9 Å². The minimum Gasteiger partial charge on any atom is -0.462 e. The largest absolute Gasteiger partial charge is 0.462 e. The first-order chi connectivity index (χ1) is 29.0. The first kappa shape index (κ1) is 57.4. The average molecular weight is 835 g/mol. The number of carbonyl (C=O) groups is 3. The molecule has 0 spiro atoms. The molecule has 0 rings (SSSR count). The predicted octanol–water partition coefficient (Wildman–Crippen LogP) is 17.2. The second-order valence-electron chi connectivity index (χ2n) is 18.2. The van der Waals surface area contributed by atoms with Gasteiger partial charge in [0, 0.05) is 19.3 Å². The molecule has 1 atom stereocenters. The number of rotatable bonds is 49. The van der Waals surface area contributed by atoms with E-state index in [1.165, 1.54) is 205 Å². The fourth-order valence-electron chi connectivity index (χ4n) is 8.09. The molecule has 0 radical (unpaired) electrons. The number of esters is 3. The maximum absolute atomic E-state index is 12.8. The Hall–Kier alpha value is -1.59. The topological polar surface area (TPSA) is 78.9 Å². The van der Waals surface area contributed by atoms with E-state index in [1.54, 1.807) is 0 Å². The van der Waals surface area contributed by atoms with Crippen molar-refractivity contribution in [3.63, 3.8) is 0 Å². The van der Waals surface area contributed by atoms with Crippen LogP contribution in [0.2, 0.25) is 0 Å². The summed E-state index contributed by atoms with van der Waals surface area (Å²) >= 11 is 0. The minimum absolute atomic E-state index is 0.0616. The van der Waals surface area contributed by atoms with Gasteiger partial charge in [0.2, 0.25) is 0 Å². The molecule has 0 amide bonds. The van der Waals surface area contributed by atoms with Crippen molar-refractivity contribution >= 4 is 17.9 Å². The summed E-state index contributed by atoms with van der Waals surface area (Å²) in [6, 6.07) is 0. The number of ether oxygens (including phenoxy) is 3. The van der Waals surface area contributed by atoms with E-state index in [1.807, 2.05) is 0 Å². The molecular weight excluding hydrogens is 733 g/mol. The van der Waals surface area contributed by atoms with Crippen LogP contribution >= 0.6 is 0 Å². The molecule has 0 aliphatic heterocycles. The van der Waals surface area contributed by atoms with Crippen LogP contribution in [0.5, 0.6) is 0 Å². The van der Waals surface area contributed by atoms with Crippen LogP contribution in [0.1, 0.15) is 303 Å². The fraction of sp³-hybridized carbons (Fsp3) is 0.943. The van der Waals surface area contributed by atoms with Crippen LogP contribution < -0.4 is 0 Å². The SMILES string of the molecule is CCCCCCCCCCCCCCCCCC(=O)OC[C@@H](COC(=O)CCCCCCCCCCCCCCCC)OC(=O)CCCCCCCCCCCCCC. The summed E-state index contributed by atoms with van der Waals surface area (Å²) in [5.41, 5.74) is 0. The Morgan fingerprint density at radius 1 is 0.271 bits per heavy atom. The molecule has 0 aromatic heterocycles. The van der Waals surface area contributed by atoms with Crippen molar-refractivity contribution in [2.45, 2.75) is 309 Å². The van der Waals surface area contributed by atoms with Gasteiger partial charge in [-0.05, 0) is 19.3 Å². The quantitative estimate of drug-likeness (QED) is 0.0345. The molecule has 350 valence electrons. The van der Waals surface area contributed by atoms with Crippen LogP contribution in [0, 0.1) is 0 Å². The third kappa shape index (κ3) is 47.3. The predicted molar refractivity (Wildman–Crippen MR) is 252 cm³/mol. The summed E-state index contributed by atoms with van der Waals surface area (Å²) in [5.74, 6) is -0.839. The molecule has 0 aliphatic carbocycles. The molecule has 0 fully saturated rings. The van der Waals surface area contributed by atoms with Gasteiger partial charge in [0.05, 0.1) is 0 Å². The standard InChI is InChI=1S/C53H102O6/c1-4-7-10-13-16-19-22-25-27-29-32-34-37-40-43-46-52(55)58-49-50(59-53(56)47-44-41-38-35-30-24-21-18-15-12-9-6-3)48-57-51(54)45-42-39-36-33-31-28-26-23-20-17-14-11-8-5-2/h50H,4-49H2,1-3H3/t50-/m1/s1. The number of unbranched alkanes of at least 4 members (excludes halogenated alkanes) is 38. The summed E-state index contributed by atoms with van der Waals surface area (Å²) in [6.45, 7) is 6.68. The lowest BCUT2D eigenvalue weighted by atomic mass is 10.0. The molecule has 0 aliphatic rings. The van der Waals surface area contributed by atoms with Gasteiger partial charge in [-0.3, -0.25) is 14.4 Å². The zero-order valence-electron chi connectivity index (χ0n) is 40.1. The Balaban J connectivity index is 4.29. The zero-order valence-corrected chi connectivity index (χ0v) is 40.1. The molecule has 0 heterocycles. The summed E-state index contributed by atoms with van der Waals surface area (Å²) in [5, 5.41) is 0. The Labute approximate surface area is 368 Å². The third-order valence-corrected chi connectivity index (χ3v) is 12.1. The summed E-state index contributed by atoms with van der Waals surface area (Å²) < 4.78 is 16.8. The van der Waals surface area contributed by atoms with Gasteiger partial charge in [-0.15, -0.1) is 0 Å². The van der Waals surface area contributed by atoms with Crippen LogP contribution in [0.4, 0.5) is 0 Å². The van der Waals surface area contributed by atoms with Gasteiger partial charge in [-0.25, -0.2) is 0 Å². The number of hydrogen-bond acceptors (Lipinski definition) is 6. The number of hydrogen-bond donors (Lipinski definition) is 0. The maximum Gasteiger partial charge on any atom is 0.306 e. The van der Waals surface area contributed by atoms with Crippen molar-refractivity contribution in [2.24, 2.45) is 0 Å². The molecule has 6 nitrogen and oxygen atoms in total. The lowest BCUT2D eigenvalue weighted by Crippen LogP contribution is -2.30. The number of carbonyl (C=O) groups excluding carboxylic acids is 3. The molecule has 59 heavy (non-hydrogen) atoms. The van der Waals surface area contributed by atoms with Crippen molar-refractivity contribution in [1.29, 1.82) is 0 Å². The zero-order chi connectivity index (χ0) is 43.0. The van der Waals surface area contributed by atoms with Gasteiger partial charge in [0.15, 0.2) is 6.10 Å². The van der Waals surface area contributed by atoms with E-state index >= 15 is 0 Å². The molecule has 0 N–H and O–H groups in total. The monoisotopic (exact) mass is 835 g/mol. The summed E-state index contributed by atoms with van der Waals surface area (Å²) in [4.78, 5) is 37.9. The van der Waals surface area contributed by atoms with Gasteiger partial charge < -0.3 is 14.2 Å². The highest BCUT2D eigenvalue weighted by molar-refractivity contribution is 5.71. The van der Waals surface area contributed by atoms with E-state index in [0.29, 0.717) is 19.3 Å². The van der Waals surface area contributed by atoms with E-state index in [2.05, 4.69) is 20.8 Å². The van der Waals surface area contributed by atoms with Crippen LogP contribution in [0.15, 0.2) is 0 Å². The van der Waals surface area contributed by atoms with Crippen LogP contribution in [0.3, 0.4) is 0 Å². The smallest absolute Gasteiger partial charge is 0.306 e. The molecular formula is C53H102O6. The van der Waals surface area contributed by atoms with Crippen molar-refractivity contribution in [2.75, 3.05) is 13.2 Å². The lowest BCUT2D eigenvalue weighted by Gasteiger charge is -2.18. The maximum atomic E-state index is 12.8. The molecule has 0 saturated carbocycles. The Kier molecular flexibility index (Phi) is 47.7. The van der Waals surface area contributed by atoms with Crippen molar-refractivity contribution < 1.29 is 28.6 Å². The Bertz CT molecular complexity index is 874. The first-order valence-electron chi connectivity index (χ1n) is 26.5. The second-order valence-corrected chi connectivity index (χ2v) is 18.2. The molecule has 0 aromatic carbocycles. The normalized spacial score (nSPS) is 11.8. The first-order valence-corrected chi connectivity index (χ1v) is 26.5. The summed E-state index contributed by atoms with van der Waals surface area (Å²) in [6.07, 6.45) is 52.2. The average Bonchev–Trinajstić information content (AvgIpc) is 3.23. The Morgan fingerprint density at radius 2 is 0.458 bits per heavy atom. The van der Waals surface area contributed by atoms with Crippen molar-refractivity contribution in [3.05, 3.63) is 0 Å². The molecule has 0 bridgehead atoms. The van der Waals surface area contributed by atoms with E-state index in [0.717, 1.165) is 57.8 Å². The summed E-state index contributed by atoms with van der Waals surface area (Å²) in [7, 11) is 0. The van der Waals surface area contributed by atoms with Gasteiger partial charge in [0.1, 0.15) is 13.2 Å². The lowest BCUT2D eigenvalue weighted by molar-refractivity contribution is -0.167. The highest BCUT2D eigenvalue weighted by Crippen LogP contribution is 2.17. The van der Waals surface area contributed by atoms with Gasteiger partial charge in [-0.1, -0.05) is 265 Å². The fourth-order valence-corrected chi connectivity index (χ4v) is 8.09. The Morgan fingerprint density at radius 3 is 0.678 bits per heavy atom. The molecule has 0 saturated heterocycles.